The van der Waals surface area contributed by atoms with Gasteiger partial charge in [-0.15, -0.1) is 0 Å². The number of para-hydroxylation sites is 2. The molecule has 0 unspecified atom stereocenters. The maximum absolute atomic E-state index is 2.83. The first-order valence-electron chi connectivity index (χ1n) is 27.3. The summed E-state index contributed by atoms with van der Waals surface area (Å²) in [6.45, 7) is 0. The Kier molecular flexibility index (Phi) is 12.1. The maximum atomic E-state index is 2.56. The highest BCUT2D eigenvalue weighted by Gasteiger charge is 2.43. The predicted octanol–water partition coefficient (Wildman–Crippen LogP) is 13.1. The van der Waals surface area contributed by atoms with Crippen LogP contribution in [0.5, 0.6) is 0 Å². The van der Waals surface area contributed by atoms with Crippen LogP contribution in [0.3, 0.4) is 0 Å². The van der Waals surface area contributed by atoms with Crippen molar-refractivity contribution >= 4 is 111 Å². The first-order chi connectivity index (χ1) is 39.0. The highest BCUT2D eigenvalue weighted by Crippen LogP contribution is 2.58. The molecular weight excluding hydrogens is 1010 g/mol. The van der Waals surface area contributed by atoms with E-state index in [2.05, 4.69) is 337 Å². The molecule has 2 nitrogen and oxygen atoms in total. The van der Waals surface area contributed by atoms with Crippen molar-refractivity contribution in [3.05, 3.63) is 315 Å². The maximum Gasteiger partial charge on any atom is 0.179 e. The van der Waals surface area contributed by atoms with Gasteiger partial charge >= 0.3 is 0 Å². The van der Waals surface area contributed by atoms with Gasteiger partial charge in [0.05, 0.1) is 22.1 Å². The minimum absolute atomic E-state index is 1.16. The lowest BCUT2D eigenvalue weighted by Crippen LogP contribution is -2.74. The molecule has 0 saturated carbocycles. The topological polar surface area (TPSA) is 9.86 Å². The second-order valence-electron chi connectivity index (χ2n) is 21.2. The van der Waals surface area contributed by atoms with Gasteiger partial charge in [0, 0.05) is 32.9 Å². The number of nitrogens with zero attached hydrogens (tertiary/aromatic N) is 2. The molecule has 14 aromatic rings. The molecular formula is C74H58N2SSi2. The number of benzene rings is 12. The smallest absolute Gasteiger partial charge is 0.179 e. The third-order valence-electron chi connectivity index (χ3n) is 16.8. The normalized spacial score (nSPS) is 12.4. The summed E-state index contributed by atoms with van der Waals surface area (Å²) in [6, 6.07) is 119. The third kappa shape index (κ3) is 7.83. The predicted molar refractivity (Wildman–Crippen MR) is 345 cm³/mol. The van der Waals surface area contributed by atoms with Crippen molar-refractivity contribution in [2.75, 3.05) is 12.5 Å². The van der Waals surface area contributed by atoms with Gasteiger partial charge in [-0.25, -0.2) is 0 Å². The number of fused-ring (bicyclic) bond motifs is 6. The Hall–Kier alpha value is -8.98. The summed E-state index contributed by atoms with van der Waals surface area (Å²) in [6.07, 6.45) is 4.99. The number of hydrogen-bond donors (Lipinski definition) is 0. The minimum atomic E-state index is -2.83. The van der Waals surface area contributed by atoms with Gasteiger partial charge in [0.2, 0.25) is 0 Å². The van der Waals surface area contributed by atoms with Crippen LogP contribution in [-0.4, -0.2) is 37.8 Å². The van der Waals surface area contributed by atoms with Crippen molar-refractivity contribution < 1.29 is 0 Å². The van der Waals surface area contributed by atoms with Gasteiger partial charge in [0.25, 0.3) is 0 Å². The molecule has 14 rings (SSSR count). The van der Waals surface area contributed by atoms with Crippen molar-refractivity contribution in [1.29, 1.82) is 0 Å². The van der Waals surface area contributed by atoms with E-state index in [0.29, 0.717) is 0 Å². The SMILES string of the molecule is CS(C)(c1ccc2c(c1)c1cc([Si](c3ccccc3)(c3ccccc3)c3ccccc3)ccc1n2-c1ccccc1)c1ccc2c(c1)c1cc([Si](c3ccccc3)(c3ccccc3)c3ccccc3)ccc1n2-c1ccccc1. The Morgan fingerprint density at radius 3 is 0.722 bits per heavy atom. The van der Waals surface area contributed by atoms with Crippen molar-refractivity contribution in [2.24, 2.45) is 0 Å². The van der Waals surface area contributed by atoms with E-state index in [-0.39, 0.29) is 0 Å². The fourth-order valence-corrected chi connectivity index (χ4v) is 24.5. The minimum Gasteiger partial charge on any atom is -0.309 e. The molecule has 12 aromatic carbocycles. The van der Waals surface area contributed by atoms with Crippen molar-refractivity contribution in [3.63, 3.8) is 0 Å². The van der Waals surface area contributed by atoms with Crippen LogP contribution in [0.2, 0.25) is 0 Å². The zero-order chi connectivity index (χ0) is 53.0. The lowest BCUT2D eigenvalue weighted by atomic mass is 10.1. The van der Waals surface area contributed by atoms with Gasteiger partial charge in [0.15, 0.2) is 16.1 Å². The molecule has 0 aliphatic carbocycles. The van der Waals surface area contributed by atoms with Crippen LogP contribution in [-0.2, 0) is 0 Å². The van der Waals surface area contributed by atoms with Gasteiger partial charge in [-0.05, 0) is 137 Å². The van der Waals surface area contributed by atoms with E-state index in [1.54, 1.807) is 0 Å². The fraction of sp³-hybridized carbons (Fsp3) is 0.0270. The van der Waals surface area contributed by atoms with Gasteiger partial charge in [-0.1, -0.05) is 243 Å². The highest BCUT2D eigenvalue weighted by molar-refractivity contribution is 8.32. The Balaban J connectivity index is 0.996. The summed E-state index contributed by atoms with van der Waals surface area (Å²) in [5, 5.41) is 16.0. The van der Waals surface area contributed by atoms with E-state index in [1.165, 1.54) is 94.9 Å². The van der Waals surface area contributed by atoms with E-state index in [1.807, 2.05) is 0 Å². The van der Waals surface area contributed by atoms with E-state index in [9.17, 15) is 0 Å². The third-order valence-corrected chi connectivity index (χ3v) is 29.2. The van der Waals surface area contributed by atoms with Gasteiger partial charge in [-0.3, -0.25) is 0 Å². The number of rotatable bonds is 12. The van der Waals surface area contributed by atoms with Crippen LogP contribution in [0.15, 0.2) is 325 Å². The van der Waals surface area contributed by atoms with Crippen LogP contribution in [0, 0.1) is 0 Å². The van der Waals surface area contributed by atoms with E-state index in [4.69, 9.17) is 0 Å². The molecule has 0 aliphatic heterocycles. The van der Waals surface area contributed by atoms with Crippen molar-refractivity contribution in [3.8, 4) is 11.4 Å². The first-order valence-corrected chi connectivity index (χ1v) is 33.8. The van der Waals surface area contributed by atoms with Crippen LogP contribution in [0.4, 0.5) is 0 Å². The Morgan fingerprint density at radius 2 is 0.456 bits per heavy atom. The number of hydrogen-bond acceptors (Lipinski definition) is 0. The van der Waals surface area contributed by atoms with Crippen molar-refractivity contribution in [1.82, 2.24) is 9.13 Å². The molecule has 0 N–H and O–H groups in total. The molecule has 0 bridgehead atoms. The second-order valence-corrected chi connectivity index (χ2v) is 32.4. The van der Waals surface area contributed by atoms with Gasteiger partial charge < -0.3 is 9.13 Å². The molecule has 2 heterocycles. The Morgan fingerprint density at radius 1 is 0.228 bits per heavy atom. The lowest BCUT2D eigenvalue weighted by Gasteiger charge is -2.34. The largest absolute Gasteiger partial charge is 0.309 e. The molecule has 5 heteroatoms. The molecule has 0 aliphatic rings. The van der Waals surface area contributed by atoms with E-state index >= 15 is 0 Å². The Bertz CT molecular complexity index is 3990. The molecule has 378 valence electrons. The van der Waals surface area contributed by atoms with Crippen LogP contribution >= 0.6 is 10.0 Å². The van der Waals surface area contributed by atoms with Crippen LogP contribution in [0.1, 0.15) is 0 Å². The summed E-state index contributed by atoms with van der Waals surface area (Å²) in [5.41, 5.74) is 7.15. The monoisotopic (exact) mass is 1060 g/mol. The average Bonchev–Trinajstić information content (AvgIpc) is 4.14. The van der Waals surface area contributed by atoms with Gasteiger partial charge in [0.1, 0.15) is 0 Å². The second kappa shape index (κ2) is 19.8. The molecule has 2 aromatic heterocycles. The molecule has 0 saturated heterocycles. The quantitative estimate of drug-likeness (QED) is 0.0852. The molecule has 0 atom stereocenters. The molecule has 0 amide bonds. The molecule has 79 heavy (non-hydrogen) atoms. The number of aromatic nitrogens is 2. The van der Waals surface area contributed by atoms with E-state index in [0.717, 1.165) is 11.4 Å². The lowest BCUT2D eigenvalue weighted by molar-refractivity contribution is 1.18. The summed E-state index contributed by atoms with van der Waals surface area (Å²) >= 11 is 0. The molecule has 0 fully saturated rings. The highest BCUT2D eigenvalue weighted by atomic mass is 32.3. The zero-order valence-electron chi connectivity index (χ0n) is 44.3. The standard InChI is InChI=1S/C74H58N2SSi2/c1-77(2,57-43-47-71-67(51-57)69-53-65(45-49-73(69)75(71)55-27-11-3-12-28-55)78(59-31-15-5-16-32-59,60-33-17-6-18-34-60)61-35-19-7-20-36-61)58-44-48-72-68(52-58)70-54-66(46-50-74(70)76(72)56-29-13-4-14-30-56)79(62-37-21-8-22-38-62,63-39-23-9-24-40-63)64-41-25-10-26-42-64/h3-54H,1-2H3. The fourth-order valence-electron chi connectivity index (χ4n) is 13.1. The molecule has 0 spiro atoms. The summed E-state index contributed by atoms with van der Waals surface area (Å²) in [7, 11) is -7.26. The zero-order valence-corrected chi connectivity index (χ0v) is 47.1. The van der Waals surface area contributed by atoms with Crippen LogP contribution in [0.25, 0.3) is 55.0 Å². The van der Waals surface area contributed by atoms with Crippen LogP contribution < -0.4 is 41.5 Å². The van der Waals surface area contributed by atoms with Crippen molar-refractivity contribution in [2.45, 2.75) is 9.79 Å². The van der Waals surface area contributed by atoms with E-state index < -0.39 is 26.2 Å². The first kappa shape index (κ1) is 48.4. The summed E-state index contributed by atoms with van der Waals surface area (Å²) in [5.74, 6) is 0. The Labute approximate surface area is 466 Å². The summed E-state index contributed by atoms with van der Waals surface area (Å²) < 4.78 is 4.95. The summed E-state index contributed by atoms with van der Waals surface area (Å²) in [4.78, 5) is 2.70. The van der Waals surface area contributed by atoms with Gasteiger partial charge in [-0.2, -0.15) is 10.0 Å². The average molecular weight is 1060 g/mol. The molecule has 0 radical (unpaired) electrons.